The molecule has 1 fully saturated rings. The highest BCUT2D eigenvalue weighted by Crippen LogP contribution is 2.31. The summed E-state index contributed by atoms with van der Waals surface area (Å²) in [6.07, 6.45) is 6.75. The van der Waals surface area contributed by atoms with Gasteiger partial charge in [0.2, 0.25) is 0 Å². The quantitative estimate of drug-likeness (QED) is 0.733. The number of nitrogens with two attached hydrogens (primary N) is 1. The molecular weight excluding hydrogens is 184 g/mol. The molecule has 1 saturated carbocycles. The summed E-state index contributed by atoms with van der Waals surface area (Å²) < 4.78 is 0. The smallest absolute Gasteiger partial charge is 0.00638 e. The third-order valence-corrected chi connectivity index (χ3v) is 4.10. The van der Waals surface area contributed by atoms with Crippen LogP contribution in [-0.2, 0) is 0 Å². The Balaban J connectivity index is 2.33. The van der Waals surface area contributed by atoms with Crippen LogP contribution in [0.4, 0.5) is 0 Å². The standard InChI is InChI=1S/C13H28N2/c1-4-6-11(2)15(3)10-13-8-5-7-12(13)9-14/h11-13H,4-10,14H2,1-3H3. The molecule has 1 rings (SSSR count). The molecule has 0 amide bonds. The molecule has 0 aromatic heterocycles. The molecule has 15 heavy (non-hydrogen) atoms. The van der Waals surface area contributed by atoms with Crippen molar-refractivity contribution in [2.24, 2.45) is 17.6 Å². The Kier molecular flexibility index (Phi) is 5.62. The molecule has 0 bridgehead atoms. The van der Waals surface area contributed by atoms with E-state index >= 15 is 0 Å². The highest BCUT2D eigenvalue weighted by molar-refractivity contribution is 4.81. The van der Waals surface area contributed by atoms with Crippen molar-refractivity contribution in [1.82, 2.24) is 4.90 Å². The molecule has 0 spiro atoms. The summed E-state index contributed by atoms with van der Waals surface area (Å²) in [5, 5.41) is 0. The summed E-state index contributed by atoms with van der Waals surface area (Å²) in [6.45, 7) is 6.75. The Hall–Kier alpha value is -0.0800. The van der Waals surface area contributed by atoms with Gasteiger partial charge in [0.15, 0.2) is 0 Å². The van der Waals surface area contributed by atoms with Gasteiger partial charge in [0.25, 0.3) is 0 Å². The molecule has 1 aliphatic carbocycles. The number of hydrogen-bond donors (Lipinski definition) is 1. The molecule has 0 saturated heterocycles. The Morgan fingerprint density at radius 1 is 1.33 bits per heavy atom. The molecule has 3 atom stereocenters. The number of rotatable bonds is 6. The minimum Gasteiger partial charge on any atom is -0.330 e. The van der Waals surface area contributed by atoms with Gasteiger partial charge in [0, 0.05) is 12.6 Å². The lowest BCUT2D eigenvalue weighted by atomic mass is 9.95. The third kappa shape index (κ3) is 3.76. The van der Waals surface area contributed by atoms with E-state index in [1.54, 1.807) is 0 Å². The van der Waals surface area contributed by atoms with Gasteiger partial charge < -0.3 is 10.6 Å². The van der Waals surface area contributed by atoms with E-state index in [2.05, 4.69) is 25.8 Å². The average Bonchev–Trinajstić information content (AvgIpc) is 2.65. The maximum atomic E-state index is 5.82. The van der Waals surface area contributed by atoms with Gasteiger partial charge in [-0.05, 0) is 51.6 Å². The van der Waals surface area contributed by atoms with Crippen molar-refractivity contribution in [2.75, 3.05) is 20.1 Å². The van der Waals surface area contributed by atoms with E-state index in [1.165, 1.54) is 38.6 Å². The third-order valence-electron chi connectivity index (χ3n) is 4.10. The topological polar surface area (TPSA) is 29.3 Å². The largest absolute Gasteiger partial charge is 0.330 e. The highest BCUT2D eigenvalue weighted by atomic mass is 15.1. The second-order valence-electron chi connectivity index (χ2n) is 5.26. The first-order valence-electron chi connectivity index (χ1n) is 6.59. The van der Waals surface area contributed by atoms with Crippen LogP contribution in [0.5, 0.6) is 0 Å². The molecular formula is C13H28N2. The molecule has 2 nitrogen and oxygen atoms in total. The van der Waals surface area contributed by atoms with E-state index in [9.17, 15) is 0 Å². The lowest BCUT2D eigenvalue weighted by Crippen LogP contribution is -2.36. The SMILES string of the molecule is CCCC(C)N(C)CC1CCCC1CN. The van der Waals surface area contributed by atoms with Gasteiger partial charge >= 0.3 is 0 Å². The van der Waals surface area contributed by atoms with E-state index in [0.29, 0.717) is 0 Å². The lowest BCUT2D eigenvalue weighted by Gasteiger charge is -2.29. The van der Waals surface area contributed by atoms with E-state index in [-0.39, 0.29) is 0 Å². The first-order valence-corrected chi connectivity index (χ1v) is 6.59. The zero-order chi connectivity index (χ0) is 11.3. The van der Waals surface area contributed by atoms with Gasteiger partial charge in [-0.25, -0.2) is 0 Å². The Morgan fingerprint density at radius 2 is 2.00 bits per heavy atom. The number of hydrogen-bond acceptors (Lipinski definition) is 2. The van der Waals surface area contributed by atoms with Crippen LogP contribution in [0.2, 0.25) is 0 Å². The van der Waals surface area contributed by atoms with Gasteiger partial charge in [-0.15, -0.1) is 0 Å². The minimum absolute atomic E-state index is 0.731. The molecule has 0 aliphatic heterocycles. The molecule has 3 unspecified atom stereocenters. The molecule has 90 valence electrons. The van der Waals surface area contributed by atoms with Gasteiger partial charge in [-0.2, -0.15) is 0 Å². The van der Waals surface area contributed by atoms with E-state index in [0.717, 1.165) is 24.4 Å². The summed E-state index contributed by atoms with van der Waals surface area (Å²) in [6, 6.07) is 0.731. The van der Waals surface area contributed by atoms with E-state index < -0.39 is 0 Å². The van der Waals surface area contributed by atoms with Crippen molar-refractivity contribution in [3.8, 4) is 0 Å². The van der Waals surface area contributed by atoms with Crippen molar-refractivity contribution in [2.45, 2.75) is 52.0 Å². The summed E-state index contributed by atoms with van der Waals surface area (Å²) in [4.78, 5) is 2.53. The first-order chi connectivity index (χ1) is 7.19. The molecule has 0 aromatic carbocycles. The van der Waals surface area contributed by atoms with Crippen LogP contribution in [0.3, 0.4) is 0 Å². The maximum Gasteiger partial charge on any atom is 0.00638 e. The van der Waals surface area contributed by atoms with Crippen molar-refractivity contribution in [3.63, 3.8) is 0 Å². The molecule has 2 heteroatoms. The minimum atomic E-state index is 0.731. The van der Waals surface area contributed by atoms with Gasteiger partial charge in [0.1, 0.15) is 0 Å². The lowest BCUT2D eigenvalue weighted by molar-refractivity contribution is 0.188. The summed E-state index contributed by atoms with van der Waals surface area (Å²) in [5.74, 6) is 1.65. The molecule has 0 radical (unpaired) electrons. The van der Waals surface area contributed by atoms with Crippen molar-refractivity contribution >= 4 is 0 Å². The second kappa shape index (κ2) is 6.49. The zero-order valence-corrected chi connectivity index (χ0v) is 10.7. The predicted octanol–water partition coefficient (Wildman–Crippen LogP) is 2.48. The van der Waals surface area contributed by atoms with Crippen molar-refractivity contribution in [3.05, 3.63) is 0 Å². The second-order valence-corrected chi connectivity index (χ2v) is 5.26. The Bertz CT molecular complexity index is 170. The van der Waals surface area contributed by atoms with Crippen LogP contribution in [0.25, 0.3) is 0 Å². The average molecular weight is 212 g/mol. The van der Waals surface area contributed by atoms with Crippen LogP contribution >= 0.6 is 0 Å². The van der Waals surface area contributed by atoms with Crippen LogP contribution in [0, 0.1) is 11.8 Å². The summed E-state index contributed by atoms with van der Waals surface area (Å²) in [5.41, 5.74) is 5.82. The summed E-state index contributed by atoms with van der Waals surface area (Å²) >= 11 is 0. The highest BCUT2D eigenvalue weighted by Gasteiger charge is 2.27. The van der Waals surface area contributed by atoms with Crippen LogP contribution < -0.4 is 5.73 Å². The molecule has 1 aliphatic rings. The van der Waals surface area contributed by atoms with Gasteiger partial charge in [0.05, 0.1) is 0 Å². The fraction of sp³-hybridized carbons (Fsp3) is 1.00. The number of nitrogens with zero attached hydrogens (tertiary/aromatic N) is 1. The molecule has 2 N–H and O–H groups in total. The van der Waals surface area contributed by atoms with Crippen LogP contribution in [-0.4, -0.2) is 31.1 Å². The first kappa shape index (κ1) is 13.0. The van der Waals surface area contributed by atoms with E-state index in [4.69, 9.17) is 5.73 Å². The predicted molar refractivity (Wildman–Crippen MR) is 66.9 cm³/mol. The van der Waals surface area contributed by atoms with E-state index in [1.807, 2.05) is 0 Å². The maximum absolute atomic E-state index is 5.82. The Morgan fingerprint density at radius 3 is 2.60 bits per heavy atom. The van der Waals surface area contributed by atoms with Crippen LogP contribution in [0.1, 0.15) is 46.0 Å². The van der Waals surface area contributed by atoms with Crippen molar-refractivity contribution < 1.29 is 0 Å². The normalized spacial score (nSPS) is 28.6. The monoisotopic (exact) mass is 212 g/mol. The fourth-order valence-corrected chi connectivity index (χ4v) is 2.85. The zero-order valence-electron chi connectivity index (χ0n) is 10.7. The fourth-order valence-electron chi connectivity index (χ4n) is 2.85. The molecule has 0 aromatic rings. The van der Waals surface area contributed by atoms with Crippen LogP contribution in [0.15, 0.2) is 0 Å². The van der Waals surface area contributed by atoms with Gasteiger partial charge in [-0.3, -0.25) is 0 Å². The Labute approximate surface area is 95.2 Å². The molecule has 0 heterocycles. The van der Waals surface area contributed by atoms with Crippen molar-refractivity contribution in [1.29, 1.82) is 0 Å². The summed E-state index contributed by atoms with van der Waals surface area (Å²) in [7, 11) is 2.27. The van der Waals surface area contributed by atoms with Gasteiger partial charge in [-0.1, -0.05) is 19.8 Å².